The molecule has 5 heteroatoms. The zero-order valence-electron chi connectivity index (χ0n) is 12.7. The van der Waals surface area contributed by atoms with Crippen molar-refractivity contribution in [2.75, 3.05) is 0 Å². The molecule has 0 bridgehead atoms. The van der Waals surface area contributed by atoms with Crippen molar-refractivity contribution >= 4 is 11.5 Å². The van der Waals surface area contributed by atoms with Crippen LogP contribution in [-0.4, -0.2) is 11.5 Å². The average Bonchev–Trinajstić information content (AvgIpc) is 2.66. The number of unbranched alkanes of at least 4 members (excludes halogenated alkanes) is 2. The molecule has 1 fully saturated rings. The second-order valence-electron chi connectivity index (χ2n) is 5.88. The van der Waals surface area contributed by atoms with E-state index in [-0.39, 0.29) is 11.5 Å². The lowest BCUT2D eigenvalue weighted by Crippen LogP contribution is -2.39. The molecule has 1 aliphatic rings. The first-order valence-corrected chi connectivity index (χ1v) is 7.18. The van der Waals surface area contributed by atoms with Crippen LogP contribution in [0.5, 0.6) is 0 Å². The van der Waals surface area contributed by atoms with Crippen LogP contribution in [-0.2, 0) is 4.79 Å². The van der Waals surface area contributed by atoms with Crippen LogP contribution in [0.3, 0.4) is 0 Å². The number of hydrogen-bond donors (Lipinski definition) is 1. The van der Waals surface area contributed by atoms with Crippen molar-refractivity contribution in [2.45, 2.75) is 46.5 Å². The van der Waals surface area contributed by atoms with Crippen LogP contribution in [0.15, 0.2) is 0 Å². The molecule has 5 nitrogen and oxygen atoms in total. The monoisotopic (exact) mass is 284 g/mol. The van der Waals surface area contributed by atoms with Crippen molar-refractivity contribution in [3.63, 3.8) is 0 Å². The second-order valence-corrected chi connectivity index (χ2v) is 5.88. The highest BCUT2D eigenvalue weighted by Crippen LogP contribution is 2.57. The molecule has 0 aromatic heterocycles. The molecule has 1 aliphatic carbocycles. The van der Waals surface area contributed by atoms with Crippen LogP contribution in [0, 0.1) is 62.1 Å². The standard InChI is InChI=1S/C16H20N4O/c1-4-5-6-7-13-15(3,11(2)21)14(20)12(8-17)16(13,9-18)10-19/h12-13,20H,4-7H2,1-3H3/t12?,13-,15-/m1/s1. The van der Waals surface area contributed by atoms with Crippen molar-refractivity contribution < 1.29 is 4.79 Å². The fourth-order valence-electron chi connectivity index (χ4n) is 3.40. The third-order valence-corrected chi connectivity index (χ3v) is 4.88. The van der Waals surface area contributed by atoms with Gasteiger partial charge in [0.25, 0.3) is 0 Å². The lowest BCUT2D eigenvalue weighted by molar-refractivity contribution is -0.125. The van der Waals surface area contributed by atoms with Gasteiger partial charge in [0.15, 0.2) is 5.41 Å². The SMILES string of the molecule is CCCCC[C@H]1C(C#N)(C#N)C(C#N)C(=N)[C@]1(C)C(C)=O. The summed E-state index contributed by atoms with van der Waals surface area (Å²) in [5.41, 5.74) is -2.87. The smallest absolute Gasteiger partial charge is 0.168 e. The summed E-state index contributed by atoms with van der Waals surface area (Å²) in [6.07, 6.45) is 3.20. The van der Waals surface area contributed by atoms with Gasteiger partial charge in [-0.15, -0.1) is 0 Å². The predicted octanol–water partition coefficient (Wildman–Crippen LogP) is 2.98. The molecule has 110 valence electrons. The number of nitrogens with one attached hydrogen (secondary N) is 1. The number of carbonyl (C=O) groups excluding carboxylic acids is 1. The Bertz CT molecular complexity index is 561. The van der Waals surface area contributed by atoms with Crippen LogP contribution >= 0.6 is 0 Å². The zero-order valence-corrected chi connectivity index (χ0v) is 12.7. The molecule has 1 unspecified atom stereocenters. The Hall–Kier alpha value is -2.19. The molecule has 1 saturated carbocycles. The molecule has 0 spiro atoms. The number of ketones is 1. The number of carbonyl (C=O) groups is 1. The van der Waals surface area contributed by atoms with E-state index in [0.717, 1.165) is 19.3 Å². The van der Waals surface area contributed by atoms with Crippen molar-refractivity contribution in [3.8, 4) is 18.2 Å². The summed E-state index contributed by atoms with van der Waals surface area (Å²) in [6.45, 7) is 5.02. The van der Waals surface area contributed by atoms with Crippen molar-refractivity contribution in [2.24, 2.45) is 22.7 Å². The van der Waals surface area contributed by atoms with Gasteiger partial charge >= 0.3 is 0 Å². The molecule has 0 aromatic rings. The minimum atomic E-state index is -1.60. The lowest BCUT2D eigenvalue weighted by atomic mass is 9.66. The summed E-state index contributed by atoms with van der Waals surface area (Å²) in [7, 11) is 0. The summed E-state index contributed by atoms with van der Waals surface area (Å²) in [4.78, 5) is 12.1. The normalized spacial score (nSPS) is 30.2. The number of nitrogens with zero attached hydrogens (tertiary/aromatic N) is 3. The Labute approximate surface area is 125 Å². The first-order valence-electron chi connectivity index (χ1n) is 7.18. The van der Waals surface area contributed by atoms with E-state index in [1.54, 1.807) is 6.92 Å². The fraction of sp³-hybridized carbons (Fsp3) is 0.688. The summed E-state index contributed by atoms with van der Waals surface area (Å²) >= 11 is 0. The number of hydrogen-bond acceptors (Lipinski definition) is 5. The molecular weight excluding hydrogens is 264 g/mol. The van der Waals surface area contributed by atoms with E-state index in [9.17, 15) is 20.6 Å². The summed E-state index contributed by atoms with van der Waals surface area (Å²) in [5, 5.41) is 36.6. The molecule has 0 saturated heterocycles. The Balaban J connectivity index is 3.44. The van der Waals surface area contributed by atoms with Gasteiger partial charge in [0.2, 0.25) is 0 Å². The average molecular weight is 284 g/mol. The van der Waals surface area contributed by atoms with Crippen molar-refractivity contribution in [1.29, 1.82) is 21.2 Å². The number of Topliss-reactive ketones (excluding diaryl/α,β-unsaturated/α-hetero) is 1. The van der Waals surface area contributed by atoms with Crippen LogP contribution in [0.1, 0.15) is 46.5 Å². The Morgan fingerprint density at radius 2 is 1.86 bits per heavy atom. The molecule has 0 aliphatic heterocycles. The highest BCUT2D eigenvalue weighted by molar-refractivity contribution is 6.12. The van der Waals surface area contributed by atoms with E-state index in [1.165, 1.54) is 6.92 Å². The van der Waals surface area contributed by atoms with Crippen LogP contribution in [0.25, 0.3) is 0 Å². The predicted molar refractivity (Wildman–Crippen MR) is 76.9 cm³/mol. The molecule has 3 atom stereocenters. The van der Waals surface area contributed by atoms with Crippen molar-refractivity contribution in [1.82, 2.24) is 0 Å². The summed E-state index contributed by atoms with van der Waals surface area (Å²) in [5.74, 6) is -1.98. The van der Waals surface area contributed by atoms with Gasteiger partial charge in [0.05, 0.1) is 23.6 Å². The fourth-order valence-corrected chi connectivity index (χ4v) is 3.40. The van der Waals surface area contributed by atoms with E-state index < -0.39 is 22.7 Å². The third kappa shape index (κ3) is 2.22. The number of nitriles is 3. The van der Waals surface area contributed by atoms with E-state index in [0.29, 0.717) is 6.42 Å². The Morgan fingerprint density at radius 3 is 2.24 bits per heavy atom. The third-order valence-electron chi connectivity index (χ3n) is 4.88. The van der Waals surface area contributed by atoms with E-state index in [4.69, 9.17) is 5.41 Å². The van der Waals surface area contributed by atoms with E-state index >= 15 is 0 Å². The van der Waals surface area contributed by atoms with E-state index in [1.807, 2.05) is 25.1 Å². The van der Waals surface area contributed by atoms with Gasteiger partial charge in [-0.05, 0) is 20.3 Å². The molecule has 1 rings (SSSR count). The minimum Gasteiger partial charge on any atom is -0.307 e. The van der Waals surface area contributed by atoms with Gasteiger partial charge in [-0.1, -0.05) is 26.2 Å². The van der Waals surface area contributed by atoms with Gasteiger partial charge in [-0.3, -0.25) is 4.79 Å². The molecular formula is C16H20N4O. The largest absolute Gasteiger partial charge is 0.307 e. The molecule has 0 heterocycles. The summed E-state index contributed by atoms with van der Waals surface area (Å²) in [6, 6.07) is 5.85. The number of rotatable bonds is 5. The Morgan fingerprint density at radius 1 is 1.29 bits per heavy atom. The maximum absolute atomic E-state index is 12.1. The van der Waals surface area contributed by atoms with Crippen LogP contribution in [0.4, 0.5) is 0 Å². The second kappa shape index (κ2) is 6.06. The molecule has 0 aromatic carbocycles. The zero-order chi connectivity index (χ0) is 16.3. The van der Waals surface area contributed by atoms with Gasteiger partial charge in [-0.2, -0.15) is 15.8 Å². The van der Waals surface area contributed by atoms with Crippen LogP contribution in [0.2, 0.25) is 0 Å². The Kier molecular flexibility index (Phi) is 4.87. The van der Waals surface area contributed by atoms with Gasteiger partial charge in [0.1, 0.15) is 11.7 Å². The topological polar surface area (TPSA) is 112 Å². The minimum absolute atomic E-state index is 0.0814. The molecule has 1 N–H and O–H groups in total. The maximum Gasteiger partial charge on any atom is 0.168 e. The van der Waals surface area contributed by atoms with Crippen molar-refractivity contribution in [3.05, 3.63) is 0 Å². The molecule has 0 radical (unpaired) electrons. The summed E-state index contributed by atoms with van der Waals surface area (Å²) < 4.78 is 0. The highest BCUT2D eigenvalue weighted by atomic mass is 16.1. The first kappa shape index (κ1) is 16.9. The first-order chi connectivity index (χ1) is 9.86. The highest BCUT2D eigenvalue weighted by Gasteiger charge is 2.66. The van der Waals surface area contributed by atoms with Gasteiger partial charge < -0.3 is 5.41 Å². The molecule has 0 amide bonds. The van der Waals surface area contributed by atoms with E-state index in [2.05, 4.69) is 0 Å². The maximum atomic E-state index is 12.1. The quantitative estimate of drug-likeness (QED) is 0.782. The van der Waals surface area contributed by atoms with Gasteiger partial charge in [-0.25, -0.2) is 0 Å². The molecule has 21 heavy (non-hydrogen) atoms. The lowest BCUT2D eigenvalue weighted by Gasteiger charge is -2.32. The van der Waals surface area contributed by atoms with Gasteiger partial charge in [0, 0.05) is 11.6 Å². The van der Waals surface area contributed by atoms with Crippen LogP contribution < -0.4 is 0 Å².